The Balaban J connectivity index is 1.89. The average Bonchev–Trinajstić information content (AvgIpc) is 2.25. The molecule has 4 nitrogen and oxygen atoms in total. The van der Waals surface area contributed by atoms with Gasteiger partial charge in [0.05, 0.1) is 12.1 Å². The topological polar surface area (TPSA) is 52.6 Å². The molecule has 0 aromatic rings. The van der Waals surface area contributed by atoms with E-state index in [1.807, 2.05) is 11.9 Å². The number of piperidine rings is 1. The number of amides is 1. The summed E-state index contributed by atoms with van der Waals surface area (Å²) in [6, 6.07) is -0.0544. The van der Waals surface area contributed by atoms with Crippen LogP contribution in [0.15, 0.2) is 0 Å². The molecule has 1 saturated carbocycles. The first-order chi connectivity index (χ1) is 8.40. The van der Waals surface area contributed by atoms with Crippen molar-refractivity contribution in [1.82, 2.24) is 10.2 Å². The summed E-state index contributed by atoms with van der Waals surface area (Å²) in [5, 5.41) is 12.7. The third-order valence-corrected chi connectivity index (χ3v) is 4.49. The van der Waals surface area contributed by atoms with Crippen molar-refractivity contribution in [1.29, 1.82) is 0 Å². The zero-order valence-corrected chi connectivity index (χ0v) is 11.8. The van der Waals surface area contributed by atoms with E-state index in [4.69, 9.17) is 0 Å². The largest absolute Gasteiger partial charge is 0.393 e. The van der Waals surface area contributed by atoms with Crippen LogP contribution in [-0.4, -0.2) is 48.2 Å². The second-order valence-corrected chi connectivity index (χ2v) is 6.69. The van der Waals surface area contributed by atoms with Crippen LogP contribution in [0.4, 0.5) is 0 Å². The third kappa shape index (κ3) is 2.86. The van der Waals surface area contributed by atoms with E-state index in [0.717, 1.165) is 38.8 Å². The first-order valence-corrected chi connectivity index (χ1v) is 7.06. The minimum Gasteiger partial charge on any atom is -0.393 e. The highest BCUT2D eigenvalue weighted by molar-refractivity contribution is 5.82. The number of rotatable bonds is 3. The van der Waals surface area contributed by atoms with Crippen molar-refractivity contribution >= 4 is 5.91 Å². The Morgan fingerprint density at radius 3 is 2.67 bits per heavy atom. The monoisotopic (exact) mass is 254 g/mol. The highest BCUT2D eigenvalue weighted by Crippen LogP contribution is 2.32. The Bertz CT molecular complexity index is 311. The van der Waals surface area contributed by atoms with Crippen LogP contribution >= 0.6 is 0 Å². The molecule has 2 fully saturated rings. The summed E-state index contributed by atoms with van der Waals surface area (Å²) in [6.07, 6.45) is 3.81. The quantitative estimate of drug-likeness (QED) is 0.790. The minimum absolute atomic E-state index is 0.0444. The molecule has 1 amide bonds. The smallest absolute Gasteiger partial charge is 0.240 e. The van der Waals surface area contributed by atoms with Crippen molar-refractivity contribution in [3.05, 3.63) is 0 Å². The molecule has 18 heavy (non-hydrogen) atoms. The standard InChI is InChI=1S/C14H26N2O2/c1-14(2)5-4-6-15-12(14)13(18)16(3)9-10-7-11(17)8-10/h10-12,15,17H,4-9H2,1-3H3. The highest BCUT2D eigenvalue weighted by atomic mass is 16.3. The van der Waals surface area contributed by atoms with Crippen LogP contribution in [0, 0.1) is 11.3 Å². The maximum atomic E-state index is 12.5. The molecule has 1 heterocycles. The molecule has 2 N–H and O–H groups in total. The molecular formula is C14H26N2O2. The number of carbonyl (C=O) groups is 1. The number of likely N-dealkylation sites (N-methyl/N-ethyl adjacent to an activating group) is 1. The number of nitrogens with zero attached hydrogens (tertiary/aromatic N) is 1. The van der Waals surface area contributed by atoms with E-state index in [1.165, 1.54) is 0 Å². The molecule has 104 valence electrons. The molecule has 1 aliphatic carbocycles. The number of hydrogen-bond donors (Lipinski definition) is 2. The van der Waals surface area contributed by atoms with Crippen molar-refractivity contribution in [3.63, 3.8) is 0 Å². The molecule has 4 heteroatoms. The summed E-state index contributed by atoms with van der Waals surface area (Å²) in [5.74, 6) is 0.696. The van der Waals surface area contributed by atoms with Crippen LogP contribution in [0.2, 0.25) is 0 Å². The van der Waals surface area contributed by atoms with Gasteiger partial charge in [0.25, 0.3) is 0 Å². The van der Waals surface area contributed by atoms with Crippen LogP contribution in [0.3, 0.4) is 0 Å². The molecule has 1 saturated heterocycles. The van der Waals surface area contributed by atoms with E-state index in [1.54, 1.807) is 0 Å². The van der Waals surface area contributed by atoms with Gasteiger partial charge in [-0.2, -0.15) is 0 Å². The van der Waals surface area contributed by atoms with E-state index < -0.39 is 0 Å². The first-order valence-electron chi connectivity index (χ1n) is 7.06. The van der Waals surface area contributed by atoms with Crippen molar-refractivity contribution < 1.29 is 9.90 Å². The van der Waals surface area contributed by atoms with Gasteiger partial charge in [-0.05, 0) is 43.6 Å². The summed E-state index contributed by atoms with van der Waals surface area (Å²) in [4.78, 5) is 14.3. The van der Waals surface area contributed by atoms with E-state index in [9.17, 15) is 9.90 Å². The number of nitrogens with one attached hydrogen (secondary N) is 1. The molecular weight excluding hydrogens is 228 g/mol. The molecule has 0 aromatic carbocycles. The zero-order valence-electron chi connectivity index (χ0n) is 11.8. The lowest BCUT2D eigenvalue weighted by Crippen LogP contribution is -2.56. The lowest BCUT2D eigenvalue weighted by molar-refractivity contribution is -0.137. The fourth-order valence-corrected chi connectivity index (χ4v) is 3.18. The van der Waals surface area contributed by atoms with E-state index in [2.05, 4.69) is 19.2 Å². The predicted octanol–water partition coefficient (Wildman–Crippen LogP) is 0.994. The molecule has 1 aliphatic heterocycles. The van der Waals surface area contributed by atoms with E-state index in [-0.39, 0.29) is 23.5 Å². The molecule has 0 aromatic heterocycles. The van der Waals surface area contributed by atoms with Crippen LogP contribution in [0.25, 0.3) is 0 Å². The first kappa shape index (κ1) is 13.8. The van der Waals surface area contributed by atoms with Gasteiger partial charge in [-0.1, -0.05) is 13.8 Å². The Hall–Kier alpha value is -0.610. The van der Waals surface area contributed by atoms with Crippen molar-refractivity contribution in [3.8, 4) is 0 Å². The van der Waals surface area contributed by atoms with Crippen LogP contribution in [0.1, 0.15) is 39.5 Å². The Labute approximate surface area is 110 Å². The molecule has 1 unspecified atom stereocenters. The molecule has 2 aliphatic rings. The molecule has 1 atom stereocenters. The highest BCUT2D eigenvalue weighted by Gasteiger charge is 2.39. The van der Waals surface area contributed by atoms with Gasteiger partial charge >= 0.3 is 0 Å². The third-order valence-electron chi connectivity index (χ3n) is 4.49. The summed E-state index contributed by atoms with van der Waals surface area (Å²) < 4.78 is 0. The Morgan fingerprint density at radius 2 is 2.11 bits per heavy atom. The summed E-state index contributed by atoms with van der Waals surface area (Å²) in [7, 11) is 1.89. The van der Waals surface area contributed by atoms with Gasteiger partial charge in [-0.25, -0.2) is 0 Å². The number of hydrogen-bond acceptors (Lipinski definition) is 3. The van der Waals surface area contributed by atoms with Gasteiger partial charge in [0.2, 0.25) is 5.91 Å². The Kier molecular flexibility index (Phi) is 3.97. The van der Waals surface area contributed by atoms with Crippen LogP contribution in [-0.2, 0) is 4.79 Å². The Morgan fingerprint density at radius 1 is 1.44 bits per heavy atom. The second kappa shape index (κ2) is 5.17. The van der Waals surface area contributed by atoms with Crippen LogP contribution in [0.5, 0.6) is 0 Å². The van der Waals surface area contributed by atoms with Gasteiger partial charge in [0, 0.05) is 13.6 Å². The SMILES string of the molecule is CN(CC1CC(O)C1)C(=O)C1NCCCC1(C)C. The van der Waals surface area contributed by atoms with Crippen molar-refractivity contribution in [2.45, 2.75) is 51.7 Å². The lowest BCUT2D eigenvalue weighted by Gasteiger charge is -2.41. The maximum Gasteiger partial charge on any atom is 0.240 e. The molecule has 0 bridgehead atoms. The van der Waals surface area contributed by atoms with Gasteiger partial charge in [-0.15, -0.1) is 0 Å². The second-order valence-electron chi connectivity index (χ2n) is 6.69. The van der Waals surface area contributed by atoms with Gasteiger partial charge in [-0.3, -0.25) is 4.79 Å². The van der Waals surface area contributed by atoms with E-state index in [0.29, 0.717) is 5.92 Å². The predicted molar refractivity (Wildman–Crippen MR) is 71.2 cm³/mol. The minimum atomic E-state index is -0.136. The fourth-order valence-electron chi connectivity index (χ4n) is 3.18. The molecule has 2 rings (SSSR count). The normalized spacial score (nSPS) is 34.8. The zero-order chi connectivity index (χ0) is 13.3. The fraction of sp³-hybridized carbons (Fsp3) is 0.929. The molecule has 0 spiro atoms. The van der Waals surface area contributed by atoms with Crippen molar-refractivity contribution in [2.24, 2.45) is 11.3 Å². The van der Waals surface area contributed by atoms with E-state index >= 15 is 0 Å². The van der Waals surface area contributed by atoms with Crippen LogP contribution < -0.4 is 5.32 Å². The number of aliphatic hydroxyl groups is 1. The summed E-state index contributed by atoms with van der Waals surface area (Å²) in [5.41, 5.74) is 0.0444. The number of aliphatic hydroxyl groups excluding tert-OH is 1. The maximum absolute atomic E-state index is 12.5. The van der Waals surface area contributed by atoms with Gasteiger partial charge in [0.1, 0.15) is 0 Å². The van der Waals surface area contributed by atoms with Gasteiger partial charge < -0.3 is 15.3 Å². The molecule has 0 radical (unpaired) electrons. The van der Waals surface area contributed by atoms with Gasteiger partial charge in [0.15, 0.2) is 0 Å². The summed E-state index contributed by atoms with van der Waals surface area (Å²) >= 11 is 0. The lowest BCUT2D eigenvalue weighted by atomic mass is 9.76. The summed E-state index contributed by atoms with van der Waals surface area (Å²) in [6.45, 7) is 6.06. The number of carbonyl (C=O) groups excluding carboxylic acids is 1. The van der Waals surface area contributed by atoms with Crippen molar-refractivity contribution in [2.75, 3.05) is 20.1 Å². The average molecular weight is 254 g/mol.